The number of ether oxygens (including phenoxy) is 2. The number of allylic oxidation sites excluding steroid dienone is 1. The molecule has 0 saturated carbocycles. The molecule has 68 valence electrons. The molecule has 0 aliphatic rings. The summed E-state index contributed by atoms with van der Waals surface area (Å²) in [6.07, 6.45) is 1.06. The van der Waals surface area contributed by atoms with E-state index in [1.807, 2.05) is 0 Å². The van der Waals surface area contributed by atoms with Crippen LogP contribution in [-0.2, 0) is 19.1 Å². The Hall–Kier alpha value is -1.32. The van der Waals surface area contributed by atoms with E-state index in [-0.39, 0.29) is 12.2 Å². The standard InChI is InChI=1S/C8H12O4/c1-6(5-11-2)7(9)4-8(10)12-3/h5H,4H2,1-3H3. The third kappa shape index (κ3) is 3.75. The molecule has 0 radical (unpaired) electrons. The number of ketones is 1. The van der Waals surface area contributed by atoms with Crippen molar-refractivity contribution >= 4 is 11.8 Å². The number of hydrogen-bond acceptors (Lipinski definition) is 4. The van der Waals surface area contributed by atoms with Crippen molar-refractivity contribution in [3.05, 3.63) is 11.8 Å². The van der Waals surface area contributed by atoms with Crippen LogP contribution in [0.5, 0.6) is 0 Å². The highest BCUT2D eigenvalue weighted by Gasteiger charge is 2.10. The molecule has 0 spiro atoms. The van der Waals surface area contributed by atoms with Crippen molar-refractivity contribution in [2.24, 2.45) is 0 Å². The molecule has 0 bridgehead atoms. The number of esters is 1. The van der Waals surface area contributed by atoms with Gasteiger partial charge in [-0.3, -0.25) is 9.59 Å². The Morgan fingerprint density at radius 2 is 1.92 bits per heavy atom. The van der Waals surface area contributed by atoms with Gasteiger partial charge in [0.15, 0.2) is 5.78 Å². The number of carbonyl (C=O) groups excluding carboxylic acids is 2. The highest BCUT2D eigenvalue weighted by atomic mass is 16.5. The molecule has 0 aromatic heterocycles. The van der Waals surface area contributed by atoms with Gasteiger partial charge in [-0.05, 0) is 6.92 Å². The van der Waals surface area contributed by atoms with Gasteiger partial charge < -0.3 is 9.47 Å². The summed E-state index contributed by atoms with van der Waals surface area (Å²) in [5.41, 5.74) is 0.405. The minimum atomic E-state index is -0.538. The van der Waals surface area contributed by atoms with Crippen molar-refractivity contribution in [1.82, 2.24) is 0 Å². The SMILES string of the molecule is COC=C(C)C(=O)CC(=O)OC. The van der Waals surface area contributed by atoms with Gasteiger partial charge in [0.25, 0.3) is 0 Å². The summed E-state index contributed by atoms with van der Waals surface area (Å²) in [7, 11) is 2.68. The second kappa shape index (κ2) is 5.35. The monoisotopic (exact) mass is 172 g/mol. The Morgan fingerprint density at radius 3 is 2.33 bits per heavy atom. The number of carbonyl (C=O) groups is 2. The molecule has 0 atom stereocenters. The van der Waals surface area contributed by atoms with Crippen LogP contribution < -0.4 is 0 Å². The van der Waals surface area contributed by atoms with E-state index < -0.39 is 5.97 Å². The van der Waals surface area contributed by atoms with E-state index in [0.717, 1.165) is 0 Å². The maximum atomic E-state index is 11.1. The molecule has 0 aromatic rings. The average Bonchev–Trinajstić information content (AvgIpc) is 2.04. The largest absolute Gasteiger partial charge is 0.504 e. The summed E-state index contributed by atoms with van der Waals surface area (Å²) in [6, 6.07) is 0. The second-order valence-electron chi connectivity index (χ2n) is 2.21. The zero-order valence-corrected chi connectivity index (χ0v) is 7.42. The van der Waals surface area contributed by atoms with Crippen LogP contribution >= 0.6 is 0 Å². The highest BCUT2D eigenvalue weighted by molar-refractivity contribution is 6.04. The highest BCUT2D eigenvalue weighted by Crippen LogP contribution is 1.99. The molecule has 0 rings (SSSR count). The van der Waals surface area contributed by atoms with Crippen LogP contribution in [0, 0.1) is 0 Å². The van der Waals surface area contributed by atoms with Gasteiger partial charge in [0.1, 0.15) is 6.42 Å². The van der Waals surface area contributed by atoms with E-state index in [0.29, 0.717) is 5.57 Å². The smallest absolute Gasteiger partial charge is 0.313 e. The van der Waals surface area contributed by atoms with E-state index >= 15 is 0 Å². The van der Waals surface area contributed by atoms with Gasteiger partial charge >= 0.3 is 5.97 Å². The maximum absolute atomic E-state index is 11.1. The molecular formula is C8H12O4. The summed E-state index contributed by atoms with van der Waals surface area (Å²) < 4.78 is 8.93. The van der Waals surface area contributed by atoms with E-state index in [1.54, 1.807) is 6.92 Å². The summed E-state index contributed by atoms with van der Waals surface area (Å²) in [4.78, 5) is 21.7. The van der Waals surface area contributed by atoms with Gasteiger partial charge in [-0.2, -0.15) is 0 Å². The Bertz CT molecular complexity index is 205. The first kappa shape index (κ1) is 10.7. The number of rotatable bonds is 4. The zero-order valence-electron chi connectivity index (χ0n) is 7.42. The maximum Gasteiger partial charge on any atom is 0.313 e. The Morgan fingerprint density at radius 1 is 1.33 bits per heavy atom. The number of hydrogen-bond donors (Lipinski definition) is 0. The van der Waals surface area contributed by atoms with Crippen LogP contribution in [0.3, 0.4) is 0 Å². The summed E-state index contributed by atoms with van der Waals surface area (Å²) in [5.74, 6) is -0.826. The van der Waals surface area contributed by atoms with Crippen molar-refractivity contribution in [3.63, 3.8) is 0 Å². The Kier molecular flexibility index (Phi) is 4.76. The normalized spacial score (nSPS) is 10.8. The lowest BCUT2D eigenvalue weighted by Crippen LogP contribution is -2.10. The fourth-order valence-corrected chi connectivity index (χ4v) is 0.585. The molecule has 4 nitrogen and oxygen atoms in total. The summed E-state index contributed by atoms with van der Waals surface area (Å²) in [6.45, 7) is 1.58. The first-order chi connectivity index (χ1) is 5.61. The first-order valence-electron chi connectivity index (χ1n) is 3.41. The number of Topliss-reactive ketones (excluding diaryl/α,β-unsaturated/α-hetero) is 1. The Balaban J connectivity index is 4.04. The van der Waals surface area contributed by atoms with E-state index in [4.69, 9.17) is 0 Å². The van der Waals surface area contributed by atoms with Crippen molar-refractivity contribution < 1.29 is 19.1 Å². The van der Waals surface area contributed by atoms with E-state index in [1.165, 1.54) is 20.5 Å². The fourth-order valence-electron chi connectivity index (χ4n) is 0.585. The van der Waals surface area contributed by atoms with Gasteiger partial charge in [0.2, 0.25) is 0 Å². The molecule has 0 fully saturated rings. The van der Waals surface area contributed by atoms with Crippen molar-refractivity contribution in [1.29, 1.82) is 0 Å². The fraction of sp³-hybridized carbons (Fsp3) is 0.500. The third-order valence-corrected chi connectivity index (χ3v) is 1.27. The van der Waals surface area contributed by atoms with E-state index in [2.05, 4.69) is 9.47 Å². The lowest BCUT2D eigenvalue weighted by Gasteiger charge is -1.98. The summed E-state index contributed by atoms with van der Waals surface area (Å²) >= 11 is 0. The van der Waals surface area contributed by atoms with Crippen LogP contribution in [0.2, 0.25) is 0 Å². The molecule has 0 N–H and O–H groups in total. The van der Waals surface area contributed by atoms with Crippen molar-refractivity contribution in [3.8, 4) is 0 Å². The van der Waals surface area contributed by atoms with E-state index in [9.17, 15) is 9.59 Å². The quantitative estimate of drug-likeness (QED) is 0.270. The van der Waals surface area contributed by atoms with Crippen molar-refractivity contribution in [2.45, 2.75) is 13.3 Å². The molecule has 0 aliphatic heterocycles. The van der Waals surface area contributed by atoms with Crippen LogP contribution in [0.1, 0.15) is 13.3 Å². The molecule has 0 unspecified atom stereocenters. The lowest BCUT2D eigenvalue weighted by atomic mass is 10.1. The van der Waals surface area contributed by atoms with Crippen LogP contribution in [-0.4, -0.2) is 26.0 Å². The van der Waals surface area contributed by atoms with Gasteiger partial charge in [0, 0.05) is 5.57 Å². The van der Waals surface area contributed by atoms with Gasteiger partial charge in [0.05, 0.1) is 20.5 Å². The predicted octanol–water partition coefficient (Wildman–Crippen LogP) is 0.669. The van der Waals surface area contributed by atoms with Crippen LogP contribution in [0.15, 0.2) is 11.8 Å². The molecule has 0 aliphatic carbocycles. The summed E-state index contributed by atoms with van der Waals surface area (Å²) in [5, 5.41) is 0. The molecule has 0 heterocycles. The minimum absolute atomic E-state index is 0.234. The second-order valence-corrected chi connectivity index (χ2v) is 2.21. The van der Waals surface area contributed by atoms with Crippen molar-refractivity contribution in [2.75, 3.05) is 14.2 Å². The zero-order chi connectivity index (χ0) is 9.56. The number of methoxy groups -OCH3 is 2. The topological polar surface area (TPSA) is 52.6 Å². The molecule has 0 aromatic carbocycles. The Labute approximate surface area is 71.2 Å². The lowest BCUT2D eigenvalue weighted by molar-refractivity contribution is -0.142. The third-order valence-electron chi connectivity index (χ3n) is 1.27. The molecule has 12 heavy (non-hydrogen) atoms. The first-order valence-corrected chi connectivity index (χ1v) is 3.41. The molecule has 0 amide bonds. The average molecular weight is 172 g/mol. The molecule has 0 saturated heterocycles. The minimum Gasteiger partial charge on any atom is -0.504 e. The van der Waals surface area contributed by atoms with Gasteiger partial charge in [-0.15, -0.1) is 0 Å². The van der Waals surface area contributed by atoms with Gasteiger partial charge in [-0.25, -0.2) is 0 Å². The van der Waals surface area contributed by atoms with Gasteiger partial charge in [-0.1, -0.05) is 0 Å². The predicted molar refractivity (Wildman–Crippen MR) is 42.4 cm³/mol. The molecule has 4 heteroatoms. The van der Waals surface area contributed by atoms with Crippen LogP contribution in [0.4, 0.5) is 0 Å². The van der Waals surface area contributed by atoms with Crippen LogP contribution in [0.25, 0.3) is 0 Å². The molecular weight excluding hydrogens is 160 g/mol.